The van der Waals surface area contributed by atoms with E-state index in [-0.39, 0.29) is 11.5 Å². The fourth-order valence-electron chi connectivity index (χ4n) is 4.38. The summed E-state index contributed by atoms with van der Waals surface area (Å²) >= 11 is 1.86. The Bertz CT molecular complexity index is 784. The molecule has 28 heavy (non-hydrogen) atoms. The number of thiophene rings is 1. The minimum absolute atomic E-state index is 0.00292. The van der Waals surface area contributed by atoms with E-state index in [1.54, 1.807) is 24.5 Å². The van der Waals surface area contributed by atoms with Crippen molar-refractivity contribution < 1.29 is 9.53 Å². The Morgan fingerprint density at radius 1 is 1.39 bits per heavy atom. The van der Waals surface area contributed by atoms with E-state index in [2.05, 4.69) is 33.6 Å². The normalized spacial score (nSPS) is 22.2. The van der Waals surface area contributed by atoms with E-state index in [0.29, 0.717) is 11.5 Å². The zero-order chi connectivity index (χ0) is 19.4. The van der Waals surface area contributed by atoms with Crippen molar-refractivity contribution in [2.75, 3.05) is 26.2 Å². The van der Waals surface area contributed by atoms with Gasteiger partial charge in [0.15, 0.2) is 0 Å². The van der Waals surface area contributed by atoms with Crippen molar-refractivity contribution >= 4 is 17.2 Å². The lowest BCUT2D eigenvalue weighted by Crippen LogP contribution is -2.50. The van der Waals surface area contributed by atoms with Crippen LogP contribution in [-0.2, 0) is 11.3 Å². The van der Waals surface area contributed by atoms with Crippen molar-refractivity contribution in [3.63, 3.8) is 0 Å². The molecule has 2 aliphatic heterocycles. The average molecular weight is 400 g/mol. The monoisotopic (exact) mass is 399 g/mol. The fourth-order valence-corrected chi connectivity index (χ4v) is 5.32. The second kappa shape index (κ2) is 8.72. The van der Waals surface area contributed by atoms with Crippen molar-refractivity contribution in [1.82, 2.24) is 15.2 Å². The SMILES string of the molecule is Cc1ccsc1CN1CCC2(CC1)CC(CNC(=O)c1cccnc1)CCO2. The number of hydrogen-bond donors (Lipinski definition) is 1. The number of aryl methyl sites for hydroxylation is 1. The summed E-state index contributed by atoms with van der Waals surface area (Å²) in [6, 6.07) is 5.81. The fraction of sp³-hybridized carbons (Fsp3) is 0.545. The van der Waals surface area contributed by atoms with Gasteiger partial charge in [-0.2, -0.15) is 0 Å². The maximum Gasteiger partial charge on any atom is 0.252 e. The molecule has 1 spiro atoms. The number of amides is 1. The number of ether oxygens (including phenoxy) is 1. The van der Waals surface area contributed by atoms with Crippen molar-refractivity contribution in [2.24, 2.45) is 5.92 Å². The highest BCUT2D eigenvalue weighted by Gasteiger charge is 2.40. The molecule has 1 amide bonds. The van der Waals surface area contributed by atoms with Gasteiger partial charge < -0.3 is 10.1 Å². The first-order valence-electron chi connectivity index (χ1n) is 10.2. The zero-order valence-corrected chi connectivity index (χ0v) is 17.3. The number of aromatic nitrogens is 1. The highest BCUT2D eigenvalue weighted by atomic mass is 32.1. The number of carbonyl (C=O) groups is 1. The molecule has 1 atom stereocenters. The van der Waals surface area contributed by atoms with E-state index >= 15 is 0 Å². The quantitative estimate of drug-likeness (QED) is 0.834. The molecule has 1 unspecified atom stereocenters. The molecule has 0 aliphatic carbocycles. The molecule has 1 N–H and O–H groups in total. The van der Waals surface area contributed by atoms with E-state index in [4.69, 9.17) is 4.74 Å². The zero-order valence-electron chi connectivity index (χ0n) is 16.5. The third-order valence-electron chi connectivity index (χ3n) is 6.17. The molecule has 4 rings (SSSR count). The molecule has 0 aromatic carbocycles. The van der Waals surface area contributed by atoms with Gasteiger partial charge in [0.25, 0.3) is 5.91 Å². The Morgan fingerprint density at radius 3 is 2.96 bits per heavy atom. The van der Waals surface area contributed by atoms with Gasteiger partial charge in [-0.05, 0) is 67.7 Å². The van der Waals surface area contributed by atoms with Crippen LogP contribution >= 0.6 is 11.3 Å². The van der Waals surface area contributed by atoms with Crippen LogP contribution in [0.2, 0.25) is 0 Å². The largest absolute Gasteiger partial charge is 0.375 e. The third kappa shape index (κ3) is 4.62. The first kappa shape index (κ1) is 19.6. The van der Waals surface area contributed by atoms with Gasteiger partial charge in [0.1, 0.15) is 0 Å². The number of nitrogens with one attached hydrogen (secondary N) is 1. The van der Waals surface area contributed by atoms with Crippen LogP contribution in [0.15, 0.2) is 36.0 Å². The minimum Gasteiger partial charge on any atom is -0.375 e. The summed E-state index contributed by atoms with van der Waals surface area (Å²) in [4.78, 5) is 20.4. The number of pyridine rings is 1. The van der Waals surface area contributed by atoms with Crippen molar-refractivity contribution in [3.05, 3.63) is 52.0 Å². The van der Waals surface area contributed by atoms with Crippen LogP contribution in [0.5, 0.6) is 0 Å². The third-order valence-corrected chi connectivity index (χ3v) is 7.18. The molecule has 4 heterocycles. The van der Waals surface area contributed by atoms with Crippen LogP contribution in [-0.4, -0.2) is 47.6 Å². The van der Waals surface area contributed by atoms with Gasteiger partial charge in [0.2, 0.25) is 0 Å². The maximum absolute atomic E-state index is 12.3. The molecule has 2 saturated heterocycles. The average Bonchev–Trinajstić information content (AvgIpc) is 3.13. The van der Waals surface area contributed by atoms with E-state index in [9.17, 15) is 4.79 Å². The van der Waals surface area contributed by atoms with E-state index in [0.717, 1.165) is 58.5 Å². The molecule has 2 fully saturated rings. The molecule has 0 saturated carbocycles. The van der Waals surface area contributed by atoms with Gasteiger partial charge in [0.05, 0.1) is 11.2 Å². The van der Waals surface area contributed by atoms with Gasteiger partial charge in [-0.1, -0.05) is 0 Å². The topological polar surface area (TPSA) is 54.5 Å². The molecule has 2 aromatic heterocycles. The smallest absolute Gasteiger partial charge is 0.252 e. The number of likely N-dealkylation sites (tertiary alicyclic amines) is 1. The van der Waals surface area contributed by atoms with Gasteiger partial charge in [0, 0.05) is 50.1 Å². The van der Waals surface area contributed by atoms with Crippen LogP contribution < -0.4 is 5.32 Å². The molecule has 2 aromatic rings. The molecular formula is C22H29N3O2S. The summed E-state index contributed by atoms with van der Waals surface area (Å²) in [6.07, 6.45) is 7.55. The van der Waals surface area contributed by atoms with Gasteiger partial charge in [-0.25, -0.2) is 0 Å². The predicted octanol–water partition coefficient (Wildman–Crippen LogP) is 3.64. The number of rotatable bonds is 5. The highest BCUT2D eigenvalue weighted by Crippen LogP contribution is 2.38. The molecule has 2 aliphatic rings. The van der Waals surface area contributed by atoms with E-state index < -0.39 is 0 Å². The van der Waals surface area contributed by atoms with Gasteiger partial charge >= 0.3 is 0 Å². The predicted molar refractivity (Wildman–Crippen MR) is 112 cm³/mol. The summed E-state index contributed by atoms with van der Waals surface area (Å²) in [5, 5.41) is 5.28. The first-order valence-corrected chi connectivity index (χ1v) is 11.1. The Labute approximate surface area is 171 Å². The minimum atomic E-state index is -0.0326. The summed E-state index contributed by atoms with van der Waals surface area (Å²) in [5.74, 6) is 0.454. The number of nitrogens with zero attached hydrogens (tertiary/aromatic N) is 2. The molecule has 5 nitrogen and oxygen atoms in total. The molecule has 0 radical (unpaired) electrons. The van der Waals surface area contributed by atoms with Gasteiger partial charge in [-0.15, -0.1) is 11.3 Å². The lowest BCUT2D eigenvalue weighted by Gasteiger charge is -2.46. The summed E-state index contributed by atoms with van der Waals surface area (Å²) in [7, 11) is 0. The number of carbonyl (C=O) groups excluding carboxylic acids is 1. The lowest BCUT2D eigenvalue weighted by molar-refractivity contribution is -0.127. The summed E-state index contributed by atoms with van der Waals surface area (Å²) in [5.41, 5.74) is 2.04. The van der Waals surface area contributed by atoms with Crippen LogP contribution in [0.25, 0.3) is 0 Å². The Balaban J connectivity index is 1.27. The number of hydrogen-bond acceptors (Lipinski definition) is 5. The Hall–Kier alpha value is -1.76. The van der Waals surface area contributed by atoms with Crippen molar-refractivity contribution in [1.29, 1.82) is 0 Å². The first-order chi connectivity index (χ1) is 13.6. The Kier molecular flexibility index (Phi) is 6.09. The molecule has 6 heteroatoms. The molecule has 0 bridgehead atoms. The van der Waals surface area contributed by atoms with Crippen LogP contribution in [0.3, 0.4) is 0 Å². The standard InChI is InChI=1S/C22H29N3O2S/c1-17-5-12-28-20(17)16-25-9-6-22(7-10-25)13-18(4-11-27-22)14-24-21(26)19-3-2-8-23-15-19/h2-3,5,8,12,15,18H,4,6-7,9-11,13-14,16H2,1H3,(H,24,26). The van der Waals surface area contributed by atoms with Crippen LogP contribution in [0.4, 0.5) is 0 Å². The van der Waals surface area contributed by atoms with Crippen LogP contribution in [0.1, 0.15) is 46.5 Å². The Morgan fingerprint density at radius 2 is 2.25 bits per heavy atom. The summed E-state index contributed by atoms with van der Waals surface area (Å²) in [6.45, 7) is 6.96. The second-order valence-corrected chi connectivity index (χ2v) is 9.15. The van der Waals surface area contributed by atoms with E-state index in [1.165, 1.54) is 10.4 Å². The molecular weight excluding hydrogens is 370 g/mol. The van der Waals surface area contributed by atoms with Gasteiger partial charge in [-0.3, -0.25) is 14.7 Å². The van der Waals surface area contributed by atoms with Crippen molar-refractivity contribution in [2.45, 2.75) is 44.8 Å². The number of piperidine rings is 1. The lowest BCUT2D eigenvalue weighted by atomic mass is 9.79. The highest BCUT2D eigenvalue weighted by molar-refractivity contribution is 7.10. The second-order valence-electron chi connectivity index (χ2n) is 8.14. The maximum atomic E-state index is 12.3. The van der Waals surface area contributed by atoms with Crippen LogP contribution in [0, 0.1) is 12.8 Å². The molecule has 150 valence electrons. The summed E-state index contributed by atoms with van der Waals surface area (Å²) < 4.78 is 6.29. The van der Waals surface area contributed by atoms with E-state index in [1.807, 2.05) is 11.3 Å². The van der Waals surface area contributed by atoms with Crippen molar-refractivity contribution in [3.8, 4) is 0 Å².